The first kappa shape index (κ1) is 23.9. The van der Waals surface area contributed by atoms with Crippen molar-refractivity contribution in [1.82, 2.24) is 14.9 Å². The third kappa shape index (κ3) is 4.97. The lowest BCUT2D eigenvalue weighted by atomic mass is 10.1. The van der Waals surface area contributed by atoms with Crippen LogP contribution in [0, 0.1) is 0 Å². The number of nitrogens with two attached hydrogens (primary N) is 1. The number of hydrogen-bond acceptors (Lipinski definition) is 6. The molecule has 182 valence electrons. The number of fused-ring (bicyclic) bond motifs is 1. The lowest BCUT2D eigenvalue weighted by Crippen LogP contribution is -2.34. The summed E-state index contributed by atoms with van der Waals surface area (Å²) >= 11 is 14.1. The minimum absolute atomic E-state index is 0.126. The molecule has 1 atom stereocenters. The first-order valence-electron chi connectivity index (χ1n) is 11.3. The number of aromatic nitrogens is 2. The Kier molecular flexibility index (Phi) is 6.88. The smallest absolute Gasteiger partial charge is 0.262 e. The van der Waals surface area contributed by atoms with E-state index in [-0.39, 0.29) is 6.10 Å². The van der Waals surface area contributed by atoms with E-state index in [4.69, 9.17) is 38.4 Å². The zero-order valence-corrected chi connectivity index (χ0v) is 21.3. The summed E-state index contributed by atoms with van der Waals surface area (Å²) in [7, 11) is 0. The molecule has 4 aromatic rings. The van der Waals surface area contributed by atoms with Gasteiger partial charge in [0.2, 0.25) is 0 Å². The van der Waals surface area contributed by atoms with Crippen LogP contribution in [0.5, 0.6) is 11.5 Å². The van der Waals surface area contributed by atoms with Crippen molar-refractivity contribution in [1.29, 1.82) is 0 Å². The molecule has 35 heavy (non-hydrogen) atoms. The van der Waals surface area contributed by atoms with E-state index in [2.05, 4.69) is 10.3 Å². The Morgan fingerprint density at radius 3 is 2.77 bits per heavy atom. The molecule has 10 heteroatoms. The average molecular weight is 531 g/mol. The van der Waals surface area contributed by atoms with Crippen LogP contribution in [0.3, 0.4) is 0 Å². The van der Waals surface area contributed by atoms with Gasteiger partial charge in [-0.15, -0.1) is 11.3 Å². The standard InChI is InChI=1S/C25H24Cl2N4O3S/c1-14(17-3-2-4-20(23(17)27)34-16-7-9-29-10-8-16)33-21-12-22(35-24(21)25(28)32)31-13-30-18-11-15(26)5-6-19(18)31/h2-6,11-14,16,29H,7-10H2,1H3,(H2,28,32). The summed E-state index contributed by atoms with van der Waals surface area (Å²) in [6.07, 6.45) is 3.23. The summed E-state index contributed by atoms with van der Waals surface area (Å²) in [6, 6.07) is 12.9. The maximum absolute atomic E-state index is 12.2. The van der Waals surface area contributed by atoms with Gasteiger partial charge in [-0.2, -0.15) is 0 Å². The van der Waals surface area contributed by atoms with Gasteiger partial charge in [-0.1, -0.05) is 35.3 Å². The number of nitrogens with zero attached hydrogens (tertiary/aromatic N) is 2. The SMILES string of the molecule is CC(Oc1cc(-n2cnc3cc(Cl)ccc32)sc1C(N)=O)c1cccc(OC2CCNCC2)c1Cl. The highest BCUT2D eigenvalue weighted by molar-refractivity contribution is 7.16. The molecule has 2 aromatic carbocycles. The number of primary amides is 1. The topological polar surface area (TPSA) is 91.4 Å². The number of amides is 1. The molecule has 0 spiro atoms. The molecule has 1 aliphatic heterocycles. The Labute approximate surface area is 216 Å². The van der Waals surface area contributed by atoms with Gasteiger partial charge in [0.15, 0.2) is 0 Å². The van der Waals surface area contributed by atoms with Crippen LogP contribution < -0.4 is 20.5 Å². The molecule has 0 radical (unpaired) electrons. The Morgan fingerprint density at radius 2 is 2.00 bits per heavy atom. The van der Waals surface area contributed by atoms with E-state index < -0.39 is 12.0 Å². The number of carbonyl (C=O) groups is 1. The first-order chi connectivity index (χ1) is 16.9. The fourth-order valence-electron chi connectivity index (χ4n) is 4.18. The Hall–Kier alpha value is -2.78. The van der Waals surface area contributed by atoms with E-state index >= 15 is 0 Å². The van der Waals surface area contributed by atoms with Crippen molar-refractivity contribution >= 4 is 51.5 Å². The van der Waals surface area contributed by atoms with Crippen LogP contribution in [-0.2, 0) is 0 Å². The van der Waals surface area contributed by atoms with Crippen LogP contribution in [0.2, 0.25) is 10.0 Å². The Balaban J connectivity index is 1.42. The number of nitrogens with one attached hydrogen (secondary N) is 1. The van der Waals surface area contributed by atoms with Crippen molar-refractivity contribution in [2.45, 2.75) is 32.0 Å². The maximum atomic E-state index is 12.2. The monoisotopic (exact) mass is 530 g/mol. The lowest BCUT2D eigenvalue weighted by Gasteiger charge is -2.25. The highest BCUT2D eigenvalue weighted by Gasteiger charge is 2.23. The molecular formula is C25H24Cl2N4O3S. The molecule has 1 fully saturated rings. The van der Waals surface area contributed by atoms with Crippen LogP contribution in [0.15, 0.2) is 48.8 Å². The average Bonchev–Trinajstić information content (AvgIpc) is 3.45. The largest absolute Gasteiger partial charge is 0.489 e. The van der Waals surface area contributed by atoms with E-state index in [1.807, 2.05) is 35.8 Å². The van der Waals surface area contributed by atoms with Crippen molar-refractivity contribution in [3.05, 3.63) is 69.3 Å². The first-order valence-corrected chi connectivity index (χ1v) is 12.9. The highest BCUT2D eigenvalue weighted by Crippen LogP contribution is 2.39. The normalized spacial score (nSPS) is 15.3. The van der Waals surface area contributed by atoms with Crippen molar-refractivity contribution in [3.8, 4) is 16.5 Å². The van der Waals surface area contributed by atoms with Crippen molar-refractivity contribution in [2.75, 3.05) is 13.1 Å². The van der Waals surface area contributed by atoms with Crippen LogP contribution in [-0.4, -0.2) is 34.7 Å². The van der Waals surface area contributed by atoms with Crippen LogP contribution in [0.25, 0.3) is 16.0 Å². The van der Waals surface area contributed by atoms with Gasteiger partial charge in [-0.05, 0) is 57.1 Å². The molecule has 0 aliphatic carbocycles. The second-order valence-corrected chi connectivity index (χ2v) is 10.2. The molecule has 7 nitrogen and oxygen atoms in total. The molecule has 1 amide bonds. The van der Waals surface area contributed by atoms with Crippen molar-refractivity contribution in [3.63, 3.8) is 0 Å². The summed E-state index contributed by atoms with van der Waals surface area (Å²) in [5.41, 5.74) is 8.06. The van der Waals surface area contributed by atoms with E-state index in [1.165, 1.54) is 11.3 Å². The van der Waals surface area contributed by atoms with Gasteiger partial charge in [0, 0.05) is 16.7 Å². The van der Waals surface area contributed by atoms with Crippen molar-refractivity contribution in [2.24, 2.45) is 5.73 Å². The fraction of sp³-hybridized carbons (Fsp3) is 0.280. The molecule has 0 bridgehead atoms. The number of piperidine rings is 1. The summed E-state index contributed by atoms with van der Waals surface area (Å²) in [5, 5.41) is 5.19. The molecular weight excluding hydrogens is 507 g/mol. The van der Waals surface area contributed by atoms with Crippen molar-refractivity contribution < 1.29 is 14.3 Å². The second kappa shape index (κ2) is 10.1. The summed E-state index contributed by atoms with van der Waals surface area (Å²) in [4.78, 5) is 17.0. The number of carbonyl (C=O) groups excluding carboxylic acids is 1. The van der Waals surface area contributed by atoms with E-state index in [1.54, 1.807) is 24.5 Å². The van der Waals surface area contributed by atoms with Gasteiger partial charge in [0.1, 0.15) is 39.9 Å². The minimum Gasteiger partial charge on any atom is -0.489 e. The highest BCUT2D eigenvalue weighted by atomic mass is 35.5. The second-order valence-electron chi connectivity index (χ2n) is 8.38. The molecule has 1 aliphatic rings. The quantitative estimate of drug-likeness (QED) is 0.316. The molecule has 1 unspecified atom stereocenters. The molecule has 3 N–H and O–H groups in total. The third-order valence-electron chi connectivity index (χ3n) is 5.97. The summed E-state index contributed by atoms with van der Waals surface area (Å²) in [5.74, 6) is 0.461. The maximum Gasteiger partial charge on any atom is 0.262 e. The van der Waals surface area contributed by atoms with Gasteiger partial charge >= 0.3 is 0 Å². The minimum atomic E-state index is -0.565. The molecule has 3 heterocycles. The van der Waals surface area contributed by atoms with E-state index in [9.17, 15) is 4.79 Å². The molecule has 2 aromatic heterocycles. The molecule has 0 saturated carbocycles. The van der Waals surface area contributed by atoms with Gasteiger partial charge in [-0.25, -0.2) is 4.98 Å². The number of thiophene rings is 1. The zero-order valence-electron chi connectivity index (χ0n) is 19.0. The van der Waals surface area contributed by atoms with Gasteiger partial charge in [0.05, 0.1) is 16.1 Å². The number of halogens is 2. The predicted molar refractivity (Wildman–Crippen MR) is 139 cm³/mol. The van der Waals surface area contributed by atoms with E-state index in [0.29, 0.717) is 26.4 Å². The summed E-state index contributed by atoms with van der Waals surface area (Å²) in [6.45, 7) is 3.74. The molecule has 1 saturated heterocycles. The van der Waals surface area contributed by atoms with Gasteiger partial charge < -0.3 is 20.5 Å². The number of ether oxygens (including phenoxy) is 2. The van der Waals surface area contributed by atoms with Gasteiger partial charge in [-0.3, -0.25) is 9.36 Å². The summed E-state index contributed by atoms with van der Waals surface area (Å²) < 4.78 is 14.3. The fourth-order valence-corrected chi connectivity index (χ4v) is 5.60. The van der Waals surface area contributed by atoms with E-state index in [0.717, 1.165) is 47.5 Å². The van der Waals surface area contributed by atoms with Crippen LogP contribution in [0.4, 0.5) is 0 Å². The number of benzene rings is 2. The number of rotatable bonds is 7. The zero-order chi connectivity index (χ0) is 24.5. The Bertz CT molecular complexity index is 1380. The Morgan fingerprint density at radius 1 is 1.20 bits per heavy atom. The van der Waals surface area contributed by atoms with Crippen LogP contribution >= 0.6 is 34.5 Å². The van der Waals surface area contributed by atoms with Gasteiger partial charge in [0.25, 0.3) is 5.91 Å². The predicted octanol–water partition coefficient (Wildman–Crippen LogP) is 5.76. The lowest BCUT2D eigenvalue weighted by molar-refractivity contribution is 0.0998. The van der Waals surface area contributed by atoms with Crippen LogP contribution in [0.1, 0.15) is 41.1 Å². The number of hydrogen-bond donors (Lipinski definition) is 2. The number of imidazole rings is 1. The molecule has 5 rings (SSSR count). The third-order valence-corrected chi connectivity index (χ3v) is 7.74.